The van der Waals surface area contributed by atoms with Crippen LogP contribution in [0.3, 0.4) is 0 Å². The Morgan fingerprint density at radius 2 is 1.77 bits per heavy atom. The summed E-state index contributed by atoms with van der Waals surface area (Å²) in [5, 5.41) is 1.61. The molecule has 31 heavy (non-hydrogen) atoms. The van der Waals surface area contributed by atoms with Crippen molar-refractivity contribution in [2.45, 2.75) is 40.7 Å². The minimum Gasteiger partial charge on any atom is -0.355 e. The molecule has 0 saturated carbocycles. The van der Waals surface area contributed by atoms with Crippen LogP contribution in [0.4, 0.5) is 11.4 Å². The van der Waals surface area contributed by atoms with Crippen LogP contribution in [0.2, 0.25) is 10.0 Å². The third-order valence-electron chi connectivity index (χ3n) is 5.37. The molecular formula is C21H22Cl2N2O3S3. The smallest absolute Gasteiger partial charge is 0.267 e. The van der Waals surface area contributed by atoms with Crippen molar-refractivity contribution in [2.24, 2.45) is 0 Å². The molecule has 0 aliphatic carbocycles. The summed E-state index contributed by atoms with van der Waals surface area (Å²) in [6.07, 6.45) is 2.51. The second-order valence-corrected chi connectivity index (χ2v) is 12.3. The topological polar surface area (TPSA) is 60.9 Å². The average Bonchev–Trinajstić information content (AvgIpc) is 3.21. The van der Waals surface area contributed by atoms with E-state index in [0.29, 0.717) is 23.0 Å². The van der Waals surface area contributed by atoms with E-state index in [2.05, 4.69) is 22.8 Å². The van der Waals surface area contributed by atoms with Crippen LogP contribution < -0.4 is 9.80 Å². The van der Waals surface area contributed by atoms with Crippen molar-refractivity contribution in [1.29, 1.82) is 0 Å². The fraction of sp³-hybridized carbons (Fsp3) is 0.333. The van der Waals surface area contributed by atoms with E-state index in [1.165, 1.54) is 11.8 Å². The molecule has 0 radical (unpaired) electrons. The minimum absolute atomic E-state index is 0.0900. The third-order valence-corrected chi connectivity index (χ3v) is 9.46. The number of nitrogens with zero attached hydrogens (tertiary/aromatic N) is 2. The Hall–Kier alpha value is -1.03. The third kappa shape index (κ3) is 4.84. The number of hydrogen-bond donors (Lipinski definition) is 1. The standard InChI is InChI=1S/C21H22Cl2N2O3S3/c1-3-24-16-10-14(22)4-6-18(16)29-20(24)12-21-25(9-8-13(2)31(26,27)28)17-11-15(23)5-7-19(17)30-21/h4-7,10-13,20H,3,8-9H2,1-2H3,(H,26,27,28). The Morgan fingerprint density at radius 3 is 2.42 bits per heavy atom. The van der Waals surface area contributed by atoms with Crippen LogP contribution in [0.5, 0.6) is 0 Å². The van der Waals surface area contributed by atoms with Crippen LogP contribution in [0.15, 0.2) is 57.3 Å². The van der Waals surface area contributed by atoms with E-state index in [-0.39, 0.29) is 5.37 Å². The van der Waals surface area contributed by atoms with E-state index in [0.717, 1.165) is 27.8 Å². The summed E-state index contributed by atoms with van der Waals surface area (Å²) in [5.41, 5.74) is 2.08. The summed E-state index contributed by atoms with van der Waals surface area (Å²) in [5.74, 6) is 0. The first kappa shape index (κ1) is 23.1. The normalized spacial score (nSPS) is 20.3. The Balaban J connectivity index is 1.65. The summed E-state index contributed by atoms with van der Waals surface area (Å²) in [6.45, 7) is 4.92. The maximum atomic E-state index is 11.5. The van der Waals surface area contributed by atoms with Crippen molar-refractivity contribution in [3.8, 4) is 0 Å². The second-order valence-electron chi connectivity index (χ2n) is 7.39. The Morgan fingerprint density at radius 1 is 1.13 bits per heavy atom. The van der Waals surface area contributed by atoms with Gasteiger partial charge < -0.3 is 9.80 Å². The van der Waals surface area contributed by atoms with Crippen molar-refractivity contribution in [2.75, 3.05) is 22.9 Å². The summed E-state index contributed by atoms with van der Waals surface area (Å²) in [4.78, 5) is 6.65. The Labute approximate surface area is 201 Å². The van der Waals surface area contributed by atoms with E-state index in [1.54, 1.807) is 23.5 Å². The average molecular weight is 518 g/mol. The lowest BCUT2D eigenvalue weighted by molar-refractivity contribution is 0.466. The first-order valence-electron chi connectivity index (χ1n) is 9.83. The number of halogens is 2. The van der Waals surface area contributed by atoms with Gasteiger partial charge in [-0.3, -0.25) is 4.55 Å². The number of benzene rings is 2. The molecule has 5 nitrogen and oxygen atoms in total. The highest BCUT2D eigenvalue weighted by atomic mass is 35.5. The lowest BCUT2D eigenvalue weighted by Gasteiger charge is -2.26. The van der Waals surface area contributed by atoms with E-state index in [4.69, 9.17) is 23.2 Å². The van der Waals surface area contributed by atoms with Gasteiger partial charge in [-0.05, 0) is 62.7 Å². The molecule has 0 bridgehead atoms. The number of likely N-dealkylation sites (N-methyl/N-ethyl adjacent to an activating group) is 1. The highest BCUT2D eigenvalue weighted by Gasteiger charge is 2.32. The van der Waals surface area contributed by atoms with Gasteiger partial charge in [-0.2, -0.15) is 8.42 Å². The first-order chi connectivity index (χ1) is 14.7. The highest BCUT2D eigenvalue weighted by molar-refractivity contribution is 8.04. The van der Waals surface area contributed by atoms with Crippen LogP contribution in [-0.4, -0.2) is 36.7 Å². The fourth-order valence-corrected chi connectivity index (χ4v) is 6.87. The molecule has 10 heteroatoms. The Bertz CT molecular complexity index is 1140. The zero-order valence-electron chi connectivity index (χ0n) is 17.0. The highest BCUT2D eigenvalue weighted by Crippen LogP contribution is 2.50. The van der Waals surface area contributed by atoms with E-state index in [1.807, 2.05) is 36.4 Å². The molecule has 0 spiro atoms. The molecule has 2 heterocycles. The van der Waals surface area contributed by atoms with Gasteiger partial charge in [-0.1, -0.05) is 46.7 Å². The molecule has 0 saturated heterocycles. The largest absolute Gasteiger partial charge is 0.355 e. The van der Waals surface area contributed by atoms with Gasteiger partial charge in [0.2, 0.25) is 0 Å². The quantitative estimate of drug-likeness (QED) is 0.447. The maximum Gasteiger partial charge on any atom is 0.267 e. The van der Waals surface area contributed by atoms with Crippen LogP contribution in [0, 0.1) is 0 Å². The molecule has 2 atom stereocenters. The molecule has 2 aliphatic rings. The summed E-state index contributed by atoms with van der Waals surface area (Å²) in [7, 11) is -4.08. The molecule has 4 rings (SSSR count). The van der Waals surface area contributed by atoms with Crippen LogP contribution >= 0.6 is 46.7 Å². The first-order valence-corrected chi connectivity index (χ1v) is 13.8. The predicted octanol–water partition coefficient (Wildman–Crippen LogP) is 6.37. The fourth-order valence-electron chi connectivity index (χ4n) is 3.63. The van der Waals surface area contributed by atoms with Gasteiger partial charge in [0, 0.05) is 32.9 Å². The van der Waals surface area contributed by atoms with E-state index < -0.39 is 15.4 Å². The van der Waals surface area contributed by atoms with Crippen molar-refractivity contribution in [1.82, 2.24) is 0 Å². The molecule has 0 fully saturated rings. The molecule has 0 amide bonds. The SMILES string of the molecule is CCN1c2cc(Cl)ccc2SC1C=C1Sc2ccc(Cl)cc2N1CCC(C)S(=O)(=O)O. The molecule has 1 N–H and O–H groups in total. The van der Waals surface area contributed by atoms with Gasteiger partial charge in [0.25, 0.3) is 10.1 Å². The van der Waals surface area contributed by atoms with Gasteiger partial charge in [-0.25, -0.2) is 0 Å². The number of fused-ring (bicyclic) bond motifs is 2. The van der Waals surface area contributed by atoms with Crippen molar-refractivity contribution in [3.63, 3.8) is 0 Å². The van der Waals surface area contributed by atoms with Crippen molar-refractivity contribution in [3.05, 3.63) is 57.5 Å². The van der Waals surface area contributed by atoms with Gasteiger partial charge in [-0.15, -0.1) is 0 Å². The van der Waals surface area contributed by atoms with Gasteiger partial charge >= 0.3 is 0 Å². The van der Waals surface area contributed by atoms with Crippen molar-refractivity contribution >= 4 is 68.2 Å². The molecule has 0 aromatic heterocycles. The van der Waals surface area contributed by atoms with Crippen LogP contribution in [0.25, 0.3) is 0 Å². The van der Waals surface area contributed by atoms with Gasteiger partial charge in [0.1, 0.15) is 5.37 Å². The second kappa shape index (κ2) is 9.08. The molecule has 2 aromatic rings. The number of hydrogen-bond acceptors (Lipinski definition) is 6. The molecule has 2 aliphatic heterocycles. The van der Waals surface area contributed by atoms with Gasteiger partial charge in [0.05, 0.1) is 21.7 Å². The van der Waals surface area contributed by atoms with Crippen LogP contribution in [0.1, 0.15) is 20.3 Å². The Kier molecular flexibility index (Phi) is 6.77. The zero-order chi connectivity index (χ0) is 22.3. The van der Waals surface area contributed by atoms with Gasteiger partial charge in [0.15, 0.2) is 0 Å². The van der Waals surface area contributed by atoms with Crippen molar-refractivity contribution < 1.29 is 13.0 Å². The summed E-state index contributed by atoms with van der Waals surface area (Å²) in [6, 6.07) is 11.7. The molecule has 2 unspecified atom stereocenters. The number of anilines is 2. The number of thioether (sulfide) groups is 2. The maximum absolute atomic E-state index is 11.5. The summed E-state index contributed by atoms with van der Waals surface area (Å²) >= 11 is 15.9. The molecular weight excluding hydrogens is 495 g/mol. The monoisotopic (exact) mass is 516 g/mol. The van der Waals surface area contributed by atoms with Crippen LogP contribution in [-0.2, 0) is 10.1 Å². The molecule has 166 valence electrons. The summed E-state index contributed by atoms with van der Waals surface area (Å²) < 4.78 is 32.4. The lowest BCUT2D eigenvalue weighted by atomic mass is 10.2. The predicted molar refractivity (Wildman–Crippen MR) is 132 cm³/mol. The molecule has 2 aromatic carbocycles. The van der Waals surface area contributed by atoms with E-state index >= 15 is 0 Å². The zero-order valence-corrected chi connectivity index (χ0v) is 20.9. The minimum atomic E-state index is -4.08. The number of rotatable bonds is 6. The van der Waals surface area contributed by atoms with E-state index in [9.17, 15) is 13.0 Å². The lowest BCUT2D eigenvalue weighted by Crippen LogP contribution is -2.30.